The van der Waals surface area contributed by atoms with Gasteiger partial charge in [0.05, 0.1) is 0 Å². The molecule has 1 N–H and O–H groups in total. The zero-order chi connectivity index (χ0) is 16.2. The number of hydrogen-bond acceptors (Lipinski definition) is 2. The van der Waals surface area contributed by atoms with Crippen molar-refractivity contribution in [1.82, 2.24) is 9.88 Å². The van der Waals surface area contributed by atoms with Crippen molar-refractivity contribution in [2.75, 3.05) is 6.54 Å². The van der Waals surface area contributed by atoms with Crippen molar-refractivity contribution in [3.63, 3.8) is 0 Å². The van der Waals surface area contributed by atoms with Crippen LogP contribution in [0.2, 0.25) is 0 Å². The highest BCUT2D eigenvalue weighted by molar-refractivity contribution is 5.42. The molecule has 122 valence electrons. The fraction of sp³-hybridized carbons (Fsp3) is 0.238. The van der Waals surface area contributed by atoms with Gasteiger partial charge in [0.2, 0.25) is 0 Å². The number of aromatic amines is 1. The van der Waals surface area contributed by atoms with E-state index in [1.54, 1.807) is 0 Å². The number of hydrogen-bond donors (Lipinski definition) is 1. The predicted molar refractivity (Wildman–Crippen MR) is 95.8 cm³/mol. The lowest BCUT2D eigenvalue weighted by Gasteiger charge is -2.29. The Labute approximate surface area is 142 Å². The lowest BCUT2D eigenvalue weighted by Crippen LogP contribution is -2.30. The van der Waals surface area contributed by atoms with Crippen LogP contribution in [0.1, 0.15) is 22.3 Å². The lowest BCUT2D eigenvalue weighted by atomic mass is 9.98. The smallest absolute Gasteiger partial charge is 0.123 e. The van der Waals surface area contributed by atoms with Crippen molar-refractivity contribution in [2.45, 2.75) is 26.1 Å². The van der Waals surface area contributed by atoms with Crippen LogP contribution in [0.15, 0.2) is 67.0 Å². The molecule has 0 aliphatic carbocycles. The Balaban J connectivity index is 1.45. The Morgan fingerprint density at radius 1 is 0.958 bits per heavy atom. The molecule has 0 fully saturated rings. The minimum absolute atomic E-state index is 0.629. The molecule has 2 heterocycles. The van der Waals surface area contributed by atoms with Crippen LogP contribution < -0.4 is 4.74 Å². The van der Waals surface area contributed by atoms with Gasteiger partial charge in [0.25, 0.3) is 0 Å². The summed E-state index contributed by atoms with van der Waals surface area (Å²) < 4.78 is 6.11. The molecule has 1 aliphatic heterocycles. The molecule has 4 rings (SSSR count). The van der Waals surface area contributed by atoms with Crippen molar-refractivity contribution < 1.29 is 4.74 Å². The fourth-order valence-corrected chi connectivity index (χ4v) is 3.35. The summed E-state index contributed by atoms with van der Waals surface area (Å²) in [5.41, 5.74) is 5.32. The predicted octanol–water partition coefficient (Wildman–Crippen LogP) is 4.15. The van der Waals surface area contributed by atoms with Crippen molar-refractivity contribution in [3.05, 3.63) is 89.2 Å². The number of nitrogens with one attached hydrogen (secondary N) is 1. The zero-order valence-electron chi connectivity index (χ0n) is 13.7. The SMILES string of the molecule is c1ccc(COc2cccc3c2CCN(Cc2cc[nH]c2)C3)cc1. The molecule has 1 aromatic heterocycles. The van der Waals surface area contributed by atoms with Gasteiger partial charge in [0.1, 0.15) is 12.4 Å². The summed E-state index contributed by atoms with van der Waals surface area (Å²) in [4.78, 5) is 5.63. The number of ether oxygens (including phenoxy) is 1. The van der Waals surface area contributed by atoms with E-state index in [0.717, 1.165) is 31.8 Å². The van der Waals surface area contributed by atoms with Gasteiger partial charge in [-0.15, -0.1) is 0 Å². The second kappa shape index (κ2) is 6.93. The first-order valence-corrected chi connectivity index (χ1v) is 8.50. The third-order valence-corrected chi connectivity index (χ3v) is 4.61. The van der Waals surface area contributed by atoms with Crippen LogP contribution in [0.5, 0.6) is 5.75 Å². The first-order valence-electron chi connectivity index (χ1n) is 8.50. The molecule has 0 amide bonds. The highest BCUT2D eigenvalue weighted by Gasteiger charge is 2.19. The number of rotatable bonds is 5. The molecule has 3 aromatic rings. The van der Waals surface area contributed by atoms with Gasteiger partial charge in [-0.3, -0.25) is 4.90 Å². The first-order chi connectivity index (χ1) is 11.9. The molecule has 0 unspecified atom stereocenters. The normalized spacial score (nSPS) is 14.3. The standard InChI is InChI=1S/C21H22N2O/c1-2-5-17(6-3-1)16-24-21-8-4-7-19-15-23(12-10-20(19)21)14-18-9-11-22-13-18/h1-9,11,13,22H,10,12,14-16H2. The van der Waals surface area contributed by atoms with Crippen LogP contribution >= 0.6 is 0 Å². The highest BCUT2D eigenvalue weighted by Crippen LogP contribution is 2.29. The van der Waals surface area contributed by atoms with Gasteiger partial charge in [-0.2, -0.15) is 0 Å². The molecule has 0 bridgehead atoms. The Bertz CT molecular complexity index is 781. The lowest BCUT2D eigenvalue weighted by molar-refractivity contribution is 0.238. The maximum atomic E-state index is 6.11. The molecule has 0 spiro atoms. The van der Waals surface area contributed by atoms with E-state index in [0.29, 0.717) is 6.61 Å². The summed E-state index contributed by atoms with van der Waals surface area (Å²) in [5.74, 6) is 1.04. The number of nitrogens with zero attached hydrogens (tertiary/aromatic N) is 1. The van der Waals surface area contributed by atoms with Gasteiger partial charge in [-0.25, -0.2) is 0 Å². The van der Waals surface area contributed by atoms with Crippen molar-refractivity contribution in [1.29, 1.82) is 0 Å². The largest absolute Gasteiger partial charge is 0.489 e. The molecule has 0 saturated carbocycles. The van der Waals surface area contributed by atoms with Crippen molar-refractivity contribution >= 4 is 0 Å². The van der Waals surface area contributed by atoms with Gasteiger partial charge >= 0.3 is 0 Å². The third kappa shape index (κ3) is 3.36. The monoisotopic (exact) mass is 318 g/mol. The first kappa shape index (κ1) is 15.0. The Morgan fingerprint density at radius 3 is 2.71 bits per heavy atom. The molecular weight excluding hydrogens is 296 g/mol. The summed E-state index contributed by atoms with van der Waals surface area (Å²) in [6.45, 7) is 3.69. The van der Waals surface area contributed by atoms with Crippen molar-refractivity contribution in [3.8, 4) is 5.75 Å². The Kier molecular flexibility index (Phi) is 4.34. The maximum absolute atomic E-state index is 6.11. The molecule has 2 aromatic carbocycles. The van der Waals surface area contributed by atoms with Gasteiger partial charge in [-0.05, 0) is 40.8 Å². The van der Waals surface area contributed by atoms with Gasteiger partial charge in [0.15, 0.2) is 0 Å². The molecule has 3 nitrogen and oxygen atoms in total. The van der Waals surface area contributed by atoms with E-state index < -0.39 is 0 Å². The Hall–Kier alpha value is -2.52. The van der Waals surface area contributed by atoms with Gasteiger partial charge in [-0.1, -0.05) is 42.5 Å². The van der Waals surface area contributed by atoms with E-state index in [1.807, 2.05) is 12.3 Å². The van der Waals surface area contributed by atoms with E-state index in [4.69, 9.17) is 4.74 Å². The molecule has 0 atom stereocenters. The number of fused-ring (bicyclic) bond motifs is 1. The van der Waals surface area contributed by atoms with E-state index in [9.17, 15) is 0 Å². The van der Waals surface area contributed by atoms with Crippen LogP contribution in [0.3, 0.4) is 0 Å². The minimum Gasteiger partial charge on any atom is -0.489 e. The topological polar surface area (TPSA) is 28.3 Å². The van der Waals surface area contributed by atoms with Crippen LogP contribution in [0.4, 0.5) is 0 Å². The summed E-state index contributed by atoms with van der Waals surface area (Å²) in [6.07, 6.45) is 5.11. The maximum Gasteiger partial charge on any atom is 0.123 e. The van der Waals surface area contributed by atoms with E-state index >= 15 is 0 Å². The third-order valence-electron chi connectivity index (χ3n) is 4.61. The van der Waals surface area contributed by atoms with Crippen LogP contribution in [0.25, 0.3) is 0 Å². The average Bonchev–Trinajstić information content (AvgIpc) is 3.13. The highest BCUT2D eigenvalue weighted by atomic mass is 16.5. The van der Waals surface area contributed by atoms with Crippen LogP contribution in [-0.4, -0.2) is 16.4 Å². The molecule has 1 aliphatic rings. The molecule has 3 heteroatoms. The van der Waals surface area contributed by atoms with Crippen molar-refractivity contribution in [2.24, 2.45) is 0 Å². The second-order valence-corrected chi connectivity index (χ2v) is 6.35. The zero-order valence-corrected chi connectivity index (χ0v) is 13.7. The molecule has 0 radical (unpaired) electrons. The van der Waals surface area contributed by atoms with E-state index in [-0.39, 0.29) is 0 Å². The molecule has 0 saturated heterocycles. The molecular formula is C21H22N2O. The van der Waals surface area contributed by atoms with Gasteiger partial charge in [0, 0.05) is 32.0 Å². The number of aromatic nitrogens is 1. The quantitative estimate of drug-likeness (QED) is 0.765. The van der Waals surface area contributed by atoms with Crippen LogP contribution in [0, 0.1) is 0 Å². The number of H-pyrrole nitrogens is 1. The number of benzene rings is 2. The van der Waals surface area contributed by atoms with Gasteiger partial charge < -0.3 is 9.72 Å². The summed E-state index contributed by atoms with van der Waals surface area (Å²) in [6, 6.07) is 18.9. The summed E-state index contributed by atoms with van der Waals surface area (Å²) in [7, 11) is 0. The minimum atomic E-state index is 0.629. The summed E-state index contributed by atoms with van der Waals surface area (Å²) >= 11 is 0. The summed E-state index contributed by atoms with van der Waals surface area (Å²) in [5, 5.41) is 0. The average molecular weight is 318 g/mol. The second-order valence-electron chi connectivity index (χ2n) is 6.35. The van der Waals surface area contributed by atoms with E-state index in [2.05, 4.69) is 64.6 Å². The molecule has 24 heavy (non-hydrogen) atoms. The van der Waals surface area contributed by atoms with E-state index in [1.165, 1.54) is 22.3 Å². The Morgan fingerprint density at radius 2 is 1.88 bits per heavy atom. The fourth-order valence-electron chi connectivity index (χ4n) is 3.35. The van der Waals surface area contributed by atoms with Crippen LogP contribution in [-0.2, 0) is 26.1 Å².